The molecule has 1 amide bonds. The van der Waals surface area contributed by atoms with E-state index >= 15 is 0 Å². The standard InChI is InChI=1S/C26H34N4O2/c1-28-15-17-29(18-16-28)24-20(5-4-13-27-24)19-21-10-14-30(25(21)31)23-8-6-22(7-9-23)26(32)11-2-3-12-26/h4-9,13,21,32H,2-3,10-12,14-19H2,1H3. The second-order valence-electron chi connectivity index (χ2n) is 9.74. The number of likely N-dealkylation sites (N-methyl/N-ethyl adjacent to an activating group) is 1. The minimum Gasteiger partial charge on any atom is -0.385 e. The number of aromatic nitrogens is 1. The van der Waals surface area contributed by atoms with E-state index in [0.29, 0.717) is 0 Å². The Morgan fingerprint density at radius 1 is 1.03 bits per heavy atom. The molecular weight excluding hydrogens is 400 g/mol. The molecule has 3 fully saturated rings. The van der Waals surface area contributed by atoms with Crippen LogP contribution >= 0.6 is 0 Å². The van der Waals surface area contributed by atoms with Gasteiger partial charge in [-0.1, -0.05) is 31.0 Å². The summed E-state index contributed by atoms with van der Waals surface area (Å²) in [5.74, 6) is 1.23. The predicted molar refractivity (Wildman–Crippen MR) is 127 cm³/mol. The highest BCUT2D eigenvalue weighted by Crippen LogP contribution is 2.39. The van der Waals surface area contributed by atoms with Gasteiger partial charge in [0.1, 0.15) is 5.82 Å². The van der Waals surface area contributed by atoms with Crippen molar-refractivity contribution >= 4 is 17.4 Å². The number of piperazine rings is 1. The van der Waals surface area contributed by atoms with E-state index in [-0.39, 0.29) is 11.8 Å². The smallest absolute Gasteiger partial charge is 0.230 e. The van der Waals surface area contributed by atoms with Crippen molar-refractivity contribution in [1.82, 2.24) is 9.88 Å². The van der Waals surface area contributed by atoms with Crippen molar-refractivity contribution in [2.24, 2.45) is 5.92 Å². The summed E-state index contributed by atoms with van der Waals surface area (Å²) in [7, 11) is 2.16. The van der Waals surface area contributed by atoms with Gasteiger partial charge in [0.15, 0.2) is 0 Å². The number of benzene rings is 1. The Hall–Kier alpha value is -2.44. The molecule has 1 aromatic heterocycles. The van der Waals surface area contributed by atoms with Gasteiger partial charge < -0.3 is 19.8 Å². The van der Waals surface area contributed by atoms with Gasteiger partial charge in [0.25, 0.3) is 0 Å². The van der Waals surface area contributed by atoms with E-state index < -0.39 is 5.60 Å². The Labute approximate surface area is 190 Å². The minimum absolute atomic E-state index is 0.0101. The minimum atomic E-state index is -0.684. The summed E-state index contributed by atoms with van der Waals surface area (Å²) in [6, 6.07) is 12.1. The first-order valence-corrected chi connectivity index (χ1v) is 12.1. The lowest BCUT2D eigenvalue weighted by Crippen LogP contribution is -2.45. The highest BCUT2D eigenvalue weighted by Gasteiger charge is 2.35. The van der Waals surface area contributed by atoms with E-state index in [0.717, 1.165) is 88.3 Å². The Bertz CT molecular complexity index is 947. The fourth-order valence-electron chi connectivity index (χ4n) is 5.54. The molecule has 32 heavy (non-hydrogen) atoms. The molecule has 0 bridgehead atoms. The molecule has 2 aliphatic heterocycles. The number of carbonyl (C=O) groups is 1. The van der Waals surface area contributed by atoms with Crippen molar-refractivity contribution in [2.45, 2.75) is 44.1 Å². The van der Waals surface area contributed by atoms with Crippen LogP contribution in [0.5, 0.6) is 0 Å². The molecule has 2 saturated heterocycles. The van der Waals surface area contributed by atoms with Gasteiger partial charge in [0.2, 0.25) is 5.91 Å². The maximum atomic E-state index is 13.3. The van der Waals surface area contributed by atoms with Gasteiger partial charge in [0.05, 0.1) is 5.60 Å². The number of aliphatic hydroxyl groups is 1. The largest absolute Gasteiger partial charge is 0.385 e. The summed E-state index contributed by atoms with van der Waals surface area (Å²) in [5.41, 5.74) is 2.41. The fourth-order valence-corrected chi connectivity index (χ4v) is 5.54. The van der Waals surface area contributed by atoms with Crippen LogP contribution in [0.1, 0.15) is 43.2 Å². The fraction of sp³-hybridized carbons (Fsp3) is 0.538. The van der Waals surface area contributed by atoms with Gasteiger partial charge in [-0.25, -0.2) is 4.98 Å². The summed E-state index contributed by atoms with van der Waals surface area (Å²) >= 11 is 0. The van der Waals surface area contributed by atoms with Crippen LogP contribution in [-0.2, 0) is 16.8 Å². The first-order valence-electron chi connectivity index (χ1n) is 12.1. The molecule has 1 aromatic carbocycles. The Morgan fingerprint density at radius 2 is 1.75 bits per heavy atom. The Balaban J connectivity index is 1.27. The Morgan fingerprint density at radius 3 is 2.47 bits per heavy atom. The van der Waals surface area contributed by atoms with E-state index in [4.69, 9.17) is 0 Å². The molecule has 6 heteroatoms. The van der Waals surface area contributed by atoms with Gasteiger partial charge in [-0.05, 0) is 62.1 Å². The normalized spacial score (nSPS) is 23.8. The number of hydrogen-bond donors (Lipinski definition) is 1. The predicted octanol–water partition coefficient (Wildman–Crippen LogP) is 3.19. The molecule has 5 rings (SSSR count). The van der Waals surface area contributed by atoms with E-state index in [2.05, 4.69) is 27.9 Å². The third-order valence-electron chi connectivity index (χ3n) is 7.60. The van der Waals surface area contributed by atoms with E-state index in [9.17, 15) is 9.90 Å². The molecule has 1 atom stereocenters. The lowest BCUT2D eigenvalue weighted by molar-refractivity contribution is -0.120. The summed E-state index contributed by atoms with van der Waals surface area (Å²) < 4.78 is 0. The van der Waals surface area contributed by atoms with Gasteiger partial charge in [-0.2, -0.15) is 0 Å². The van der Waals surface area contributed by atoms with Gasteiger partial charge in [0, 0.05) is 50.5 Å². The number of amides is 1. The van der Waals surface area contributed by atoms with Gasteiger partial charge in [-0.15, -0.1) is 0 Å². The van der Waals surface area contributed by atoms with Crippen molar-refractivity contribution in [3.05, 3.63) is 53.7 Å². The zero-order valence-electron chi connectivity index (χ0n) is 19.0. The maximum Gasteiger partial charge on any atom is 0.230 e. The molecule has 6 nitrogen and oxygen atoms in total. The average Bonchev–Trinajstić information content (AvgIpc) is 3.42. The van der Waals surface area contributed by atoms with Crippen LogP contribution in [-0.4, -0.2) is 60.7 Å². The maximum absolute atomic E-state index is 13.3. The van der Waals surface area contributed by atoms with E-state index in [1.165, 1.54) is 5.56 Å². The summed E-state index contributed by atoms with van der Waals surface area (Å²) in [4.78, 5) is 24.6. The van der Waals surface area contributed by atoms with Crippen molar-refractivity contribution in [2.75, 3.05) is 49.6 Å². The molecule has 0 spiro atoms. The van der Waals surface area contributed by atoms with Crippen LogP contribution in [0.3, 0.4) is 0 Å². The molecule has 2 aromatic rings. The zero-order chi connectivity index (χ0) is 22.1. The third-order valence-corrected chi connectivity index (χ3v) is 7.60. The quantitative estimate of drug-likeness (QED) is 0.783. The van der Waals surface area contributed by atoms with Gasteiger partial charge in [-0.3, -0.25) is 4.79 Å². The first kappa shape index (κ1) is 21.4. The van der Waals surface area contributed by atoms with Crippen molar-refractivity contribution in [3.63, 3.8) is 0 Å². The zero-order valence-corrected chi connectivity index (χ0v) is 19.0. The Kier molecular flexibility index (Phi) is 5.91. The first-order chi connectivity index (χ1) is 15.5. The molecule has 0 radical (unpaired) electrons. The number of hydrogen-bond acceptors (Lipinski definition) is 5. The molecule has 1 unspecified atom stereocenters. The SMILES string of the molecule is CN1CCN(c2ncccc2CC2CCN(c3ccc(C4(O)CCCC4)cc3)C2=O)CC1. The van der Waals surface area contributed by atoms with Crippen LogP contribution < -0.4 is 9.80 Å². The second-order valence-corrected chi connectivity index (χ2v) is 9.74. The lowest BCUT2D eigenvalue weighted by Gasteiger charge is -2.34. The van der Waals surface area contributed by atoms with Crippen LogP contribution in [0, 0.1) is 5.92 Å². The van der Waals surface area contributed by atoms with E-state index in [1.54, 1.807) is 0 Å². The number of rotatable bonds is 5. The molecule has 3 aliphatic rings. The molecular formula is C26H34N4O2. The van der Waals surface area contributed by atoms with Crippen LogP contribution in [0.15, 0.2) is 42.6 Å². The van der Waals surface area contributed by atoms with Crippen LogP contribution in [0.2, 0.25) is 0 Å². The molecule has 170 valence electrons. The number of pyridine rings is 1. The molecule has 1 N–H and O–H groups in total. The third kappa shape index (κ3) is 4.14. The molecule has 1 aliphatic carbocycles. The van der Waals surface area contributed by atoms with Crippen molar-refractivity contribution in [3.8, 4) is 0 Å². The number of carbonyl (C=O) groups excluding carboxylic acids is 1. The van der Waals surface area contributed by atoms with E-state index in [1.807, 2.05) is 41.4 Å². The highest BCUT2D eigenvalue weighted by molar-refractivity contribution is 5.97. The molecule has 1 saturated carbocycles. The van der Waals surface area contributed by atoms with Crippen molar-refractivity contribution < 1.29 is 9.90 Å². The highest BCUT2D eigenvalue weighted by atomic mass is 16.3. The lowest BCUT2D eigenvalue weighted by atomic mass is 9.92. The van der Waals surface area contributed by atoms with Gasteiger partial charge >= 0.3 is 0 Å². The summed E-state index contributed by atoms with van der Waals surface area (Å²) in [6.07, 6.45) is 7.28. The summed E-state index contributed by atoms with van der Waals surface area (Å²) in [5, 5.41) is 10.8. The second kappa shape index (κ2) is 8.83. The van der Waals surface area contributed by atoms with Crippen molar-refractivity contribution in [1.29, 1.82) is 0 Å². The van der Waals surface area contributed by atoms with Crippen LogP contribution in [0.4, 0.5) is 11.5 Å². The summed E-state index contributed by atoms with van der Waals surface area (Å²) in [6.45, 7) is 4.78. The number of anilines is 2. The topological polar surface area (TPSA) is 59.9 Å². The molecule has 3 heterocycles. The average molecular weight is 435 g/mol. The van der Waals surface area contributed by atoms with Crippen LogP contribution in [0.25, 0.3) is 0 Å². The number of nitrogens with zero attached hydrogens (tertiary/aromatic N) is 4. The monoisotopic (exact) mass is 434 g/mol.